The van der Waals surface area contributed by atoms with E-state index in [0.29, 0.717) is 16.9 Å². The third-order valence-corrected chi connectivity index (χ3v) is 7.32. The van der Waals surface area contributed by atoms with Gasteiger partial charge in [0.1, 0.15) is 10.6 Å². The minimum Gasteiger partial charge on any atom is -0.495 e. The van der Waals surface area contributed by atoms with Crippen LogP contribution in [0.5, 0.6) is 5.75 Å². The summed E-state index contributed by atoms with van der Waals surface area (Å²) in [4.78, 5) is 12.7. The number of hydrogen-bond acceptors (Lipinski definition) is 6. The molecule has 3 rings (SSSR count). The summed E-state index contributed by atoms with van der Waals surface area (Å²) in [5, 5.41) is 2.67. The molecule has 1 aliphatic carbocycles. The van der Waals surface area contributed by atoms with Gasteiger partial charge in [-0.3, -0.25) is 9.52 Å². The maximum atomic E-state index is 12.9. The van der Waals surface area contributed by atoms with Crippen LogP contribution in [0.15, 0.2) is 41.3 Å². The minimum absolute atomic E-state index is 0.108. The van der Waals surface area contributed by atoms with Crippen LogP contribution >= 0.6 is 0 Å². The van der Waals surface area contributed by atoms with E-state index in [1.54, 1.807) is 19.1 Å². The summed E-state index contributed by atoms with van der Waals surface area (Å²) in [5.74, 6) is -0.402. The summed E-state index contributed by atoms with van der Waals surface area (Å²) in [6.07, 6.45) is 4.54. The number of nitrogens with one attached hydrogen (secondary N) is 3. The lowest BCUT2D eigenvalue weighted by Crippen LogP contribution is -2.33. The van der Waals surface area contributed by atoms with Crippen molar-refractivity contribution >= 4 is 37.3 Å². The van der Waals surface area contributed by atoms with Gasteiger partial charge in [-0.2, -0.15) is 0 Å². The van der Waals surface area contributed by atoms with Gasteiger partial charge in [-0.05, 0) is 55.7 Å². The fraction of sp³-hybridized carbons (Fsp3) is 0.381. The first kappa shape index (κ1) is 24.0. The van der Waals surface area contributed by atoms with Crippen LogP contribution in [0.3, 0.4) is 0 Å². The van der Waals surface area contributed by atoms with Crippen molar-refractivity contribution in [3.63, 3.8) is 0 Å². The highest BCUT2D eigenvalue weighted by atomic mass is 32.2. The van der Waals surface area contributed by atoms with E-state index in [2.05, 4.69) is 14.8 Å². The molecule has 0 heterocycles. The van der Waals surface area contributed by atoms with Gasteiger partial charge in [0.2, 0.25) is 20.0 Å². The molecular weight excluding hydrogens is 454 g/mol. The number of sulfonamides is 2. The number of carbonyl (C=O) groups is 1. The molecule has 2 aromatic carbocycles. The molecule has 1 saturated carbocycles. The Kier molecular flexibility index (Phi) is 7.11. The van der Waals surface area contributed by atoms with Crippen molar-refractivity contribution in [2.75, 3.05) is 23.4 Å². The number of hydrogen-bond donors (Lipinski definition) is 3. The Morgan fingerprint density at radius 3 is 2.34 bits per heavy atom. The minimum atomic E-state index is -3.88. The third-order valence-electron chi connectivity index (χ3n) is 5.18. The van der Waals surface area contributed by atoms with Crippen molar-refractivity contribution in [2.24, 2.45) is 0 Å². The van der Waals surface area contributed by atoms with Gasteiger partial charge in [-0.25, -0.2) is 21.6 Å². The fourth-order valence-electron chi connectivity index (χ4n) is 3.57. The standard InChI is InChI=1S/C21H27N3O6S2/c1-14-8-10-17(13-18(14)24-31(3,26)27)22-21(25)15-9-11-19(30-2)20(12-15)32(28,29)23-16-6-4-5-7-16/h8-13,16,23-24H,4-7H2,1-3H3,(H,22,25). The lowest BCUT2D eigenvalue weighted by Gasteiger charge is -2.16. The zero-order valence-corrected chi connectivity index (χ0v) is 19.8. The van der Waals surface area contributed by atoms with Gasteiger partial charge in [0, 0.05) is 17.3 Å². The summed E-state index contributed by atoms with van der Waals surface area (Å²) in [6, 6.07) is 8.83. The Morgan fingerprint density at radius 1 is 1.03 bits per heavy atom. The van der Waals surface area contributed by atoms with E-state index in [-0.39, 0.29) is 22.3 Å². The van der Waals surface area contributed by atoms with Gasteiger partial charge < -0.3 is 10.1 Å². The average molecular weight is 482 g/mol. The second-order valence-electron chi connectivity index (χ2n) is 7.83. The molecule has 0 spiro atoms. The maximum absolute atomic E-state index is 12.9. The Morgan fingerprint density at radius 2 is 1.72 bits per heavy atom. The zero-order valence-electron chi connectivity index (χ0n) is 18.1. The van der Waals surface area contributed by atoms with E-state index in [9.17, 15) is 21.6 Å². The molecular formula is C21H27N3O6S2. The third kappa shape index (κ3) is 5.99. The molecule has 0 aliphatic heterocycles. The van der Waals surface area contributed by atoms with Crippen LogP contribution in [-0.2, 0) is 20.0 Å². The molecule has 0 aromatic heterocycles. The van der Waals surface area contributed by atoms with Crippen molar-refractivity contribution in [2.45, 2.75) is 43.5 Å². The van der Waals surface area contributed by atoms with E-state index in [1.807, 2.05) is 0 Å². The van der Waals surface area contributed by atoms with Gasteiger partial charge in [-0.1, -0.05) is 18.9 Å². The van der Waals surface area contributed by atoms with E-state index in [0.717, 1.165) is 31.9 Å². The largest absolute Gasteiger partial charge is 0.495 e. The van der Waals surface area contributed by atoms with Crippen LogP contribution in [0.1, 0.15) is 41.6 Å². The highest BCUT2D eigenvalue weighted by Gasteiger charge is 2.26. The number of anilines is 2. The van der Waals surface area contributed by atoms with Gasteiger partial charge in [0.15, 0.2) is 0 Å². The van der Waals surface area contributed by atoms with Crippen LogP contribution in [0.4, 0.5) is 11.4 Å². The predicted molar refractivity (Wildman–Crippen MR) is 123 cm³/mol. The van der Waals surface area contributed by atoms with Crippen LogP contribution in [0.2, 0.25) is 0 Å². The van der Waals surface area contributed by atoms with E-state index >= 15 is 0 Å². The monoisotopic (exact) mass is 481 g/mol. The molecule has 2 aromatic rings. The molecule has 174 valence electrons. The molecule has 1 aliphatic rings. The van der Waals surface area contributed by atoms with Gasteiger partial charge >= 0.3 is 0 Å². The fourth-order valence-corrected chi connectivity index (χ4v) is 5.69. The van der Waals surface area contributed by atoms with Crippen LogP contribution in [0, 0.1) is 6.92 Å². The number of methoxy groups -OCH3 is 1. The highest BCUT2D eigenvalue weighted by molar-refractivity contribution is 7.92. The molecule has 9 nitrogen and oxygen atoms in total. The van der Waals surface area contributed by atoms with Gasteiger partial charge in [0.25, 0.3) is 5.91 Å². The summed E-state index contributed by atoms with van der Waals surface area (Å²) in [5.41, 5.74) is 1.50. The molecule has 11 heteroatoms. The summed E-state index contributed by atoms with van der Waals surface area (Å²) < 4.78 is 59.3. The van der Waals surface area contributed by atoms with Crippen molar-refractivity contribution in [1.82, 2.24) is 4.72 Å². The van der Waals surface area contributed by atoms with E-state index in [1.165, 1.54) is 31.4 Å². The molecule has 1 amide bonds. The second-order valence-corrected chi connectivity index (χ2v) is 11.3. The first-order valence-electron chi connectivity index (χ1n) is 10.1. The molecule has 0 atom stereocenters. The topological polar surface area (TPSA) is 131 Å². The highest BCUT2D eigenvalue weighted by Crippen LogP contribution is 2.28. The second kappa shape index (κ2) is 9.47. The number of rotatable bonds is 8. The van der Waals surface area contributed by atoms with Gasteiger partial charge in [0.05, 0.1) is 19.1 Å². The molecule has 32 heavy (non-hydrogen) atoms. The Hall–Kier alpha value is -2.63. The summed E-state index contributed by atoms with van der Waals surface area (Å²) in [6.45, 7) is 1.73. The lowest BCUT2D eigenvalue weighted by atomic mass is 10.1. The Balaban J connectivity index is 1.86. The van der Waals surface area contributed by atoms with Crippen molar-refractivity contribution in [3.8, 4) is 5.75 Å². The molecule has 0 radical (unpaired) electrons. The first-order chi connectivity index (χ1) is 15.0. The Labute approximate surface area is 188 Å². The maximum Gasteiger partial charge on any atom is 0.255 e. The number of benzene rings is 2. The van der Waals surface area contributed by atoms with Crippen molar-refractivity contribution in [1.29, 1.82) is 0 Å². The predicted octanol–water partition coefficient (Wildman–Crippen LogP) is 2.85. The van der Waals surface area contributed by atoms with Crippen molar-refractivity contribution in [3.05, 3.63) is 47.5 Å². The molecule has 0 unspecified atom stereocenters. The molecule has 0 bridgehead atoms. The lowest BCUT2D eigenvalue weighted by molar-refractivity contribution is 0.102. The Bertz CT molecular complexity index is 1220. The number of ether oxygens (including phenoxy) is 1. The zero-order chi connectivity index (χ0) is 23.5. The summed E-state index contributed by atoms with van der Waals surface area (Å²) >= 11 is 0. The smallest absolute Gasteiger partial charge is 0.255 e. The molecule has 1 fully saturated rings. The normalized spacial score (nSPS) is 14.8. The SMILES string of the molecule is COc1ccc(C(=O)Nc2ccc(C)c(NS(C)(=O)=O)c2)cc1S(=O)(=O)NC1CCCC1. The molecule has 0 saturated heterocycles. The van der Waals surface area contributed by atoms with E-state index in [4.69, 9.17) is 4.74 Å². The number of carbonyl (C=O) groups excluding carboxylic acids is 1. The summed E-state index contributed by atoms with van der Waals surface area (Å²) in [7, 11) is -6.00. The van der Waals surface area contributed by atoms with Crippen LogP contribution < -0.4 is 19.5 Å². The average Bonchev–Trinajstić information content (AvgIpc) is 3.21. The number of aryl methyl sites for hydroxylation is 1. The van der Waals surface area contributed by atoms with E-state index < -0.39 is 26.0 Å². The molecule has 3 N–H and O–H groups in total. The van der Waals surface area contributed by atoms with Crippen molar-refractivity contribution < 1.29 is 26.4 Å². The number of amides is 1. The van der Waals surface area contributed by atoms with Gasteiger partial charge in [-0.15, -0.1) is 0 Å². The van der Waals surface area contributed by atoms with Crippen LogP contribution in [-0.4, -0.2) is 42.2 Å². The first-order valence-corrected chi connectivity index (χ1v) is 13.5. The van der Waals surface area contributed by atoms with Crippen LogP contribution in [0.25, 0.3) is 0 Å². The quantitative estimate of drug-likeness (QED) is 0.531.